The van der Waals surface area contributed by atoms with Crippen LogP contribution in [0.2, 0.25) is 0 Å². The summed E-state index contributed by atoms with van der Waals surface area (Å²) in [6, 6.07) is 14.1. The number of ether oxygens (including phenoxy) is 1. The molecule has 30 heavy (non-hydrogen) atoms. The van der Waals surface area contributed by atoms with E-state index in [1.165, 1.54) is 13.3 Å². The van der Waals surface area contributed by atoms with Crippen molar-refractivity contribution in [2.24, 2.45) is 4.99 Å². The lowest BCUT2D eigenvalue weighted by molar-refractivity contribution is 0.412. The summed E-state index contributed by atoms with van der Waals surface area (Å²) in [6.45, 7) is 5.96. The van der Waals surface area contributed by atoms with E-state index in [0.717, 1.165) is 23.3 Å². The lowest BCUT2D eigenvalue weighted by Gasteiger charge is -2.20. The molecule has 0 bridgehead atoms. The molecule has 0 radical (unpaired) electrons. The zero-order chi connectivity index (χ0) is 21.7. The van der Waals surface area contributed by atoms with Crippen molar-refractivity contribution in [2.75, 3.05) is 25.1 Å². The average molecular weight is 408 g/mol. The van der Waals surface area contributed by atoms with Crippen LogP contribution in [0.1, 0.15) is 19.4 Å². The SMILES string of the molecule is CCN(CC)c1ccc(N=Cc2c(O)n(-c3cccc(OC)c3)c(=O)[nH]c2=O)cc1. The van der Waals surface area contributed by atoms with E-state index in [9.17, 15) is 14.7 Å². The number of nitrogens with zero attached hydrogens (tertiary/aromatic N) is 3. The Bertz CT molecular complexity index is 1160. The van der Waals surface area contributed by atoms with Gasteiger partial charge in [-0.3, -0.25) is 14.8 Å². The predicted molar refractivity (Wildman–Crippen MR) is 118 cm³/mol. The normalized spacial score (nSPS) is 11.0. The van der Waals surface area contributed by atoms with E-state index in [1.54, 1.807) is 24.3 Å². The van der Waals surface area contributed by atoms with E-state index in [4.69, 9.17) is 4.74 Å². The molecule has 2 aromatic carbocycles. The standard InChI is InChI=1S/C22H24N4O4/c1-4-25(5-2)16-11-9-15(10-12-16)23-14-19-20(27)24-22(29)26(21(19)28)17-7-6-8-18(13-17)30-3/h6-14,28H,4-5H2,1-3H3,(H,24,27,29). The molecular weight excluding hydrogens is 384 g/mol. The van der Waals surface area contributed by atoms with Crippen LogP contribution < -0.4 is 20.9 Å². The molecule has 0 spiro atoms. The highest BCUT2D eigenvalue weighted by Crippen LogP contribution is 2.22. The third kappa shape index (κ3) is 4.27. The number of rotatable bonds is 7. The Hall–Kier alpha value is -3.81. The van der Waals surface area contributed by atoms with Crippen LogP contribution in [0, 0.1) is 0 Å². The van der Waals surface area contributed by atoms with E-state index >= 15 is 0 Å². The molecule has 0 aliphatic carbocycles. The summed E-state index contributed by atoms with van der Waals surface area (Å²) in [6.07, 6.45) is 1.25. The zero-order valence-corrected chi connectivity index (χ0v) is 17.1. The van der Waals surface area contributed by atoms with Crippen molar-refractivity contribution in [3.63, 3.8) is 0 Å². The third-order valence-electron chi connectivity index (χ3n) is 4.75. The molecule has 0 aliphatic rings. The van der Waals surface area contributed by atoms with Gasteiger partial charge in [0, 0.05) is 31.1 Å². The fourth-order valence-corrected chi connectivity index (χ4v) is 3.12. The zero-order valence-electron chi connectivity index (χ0n) is 17.1. The fraction of sp³-hybridized carbons (Fsp3) is 0.227. The highest BCUT2D eigenvalue weighted by Gasteiger charge is 2.14. The first-order chi connectivity index (χ1) is 14.5. The molecule has 0 unspecified atom stereocenters. The summed E-state index contributed by atoms with van der Waals surface area (Å²) >= 11 is 0. The van der Waals surface area contributed by atoms with E-state index < -0.39 is 17.1 Å². The van der Waals surface area contributed by atoms with Crippen molar-refractivity contribution in [3.8, 4) is 17.3 Å². The molecule has 2 N–H and O–H groups in total. The summed E-state index contributed by atoms with van der Waals surface area (Å²) in [5.41, 5.74) is 0.443. The number of aromatic hydroxyl groups is 1. The van der Waals surface area contributed by atoms with E-state index in [0.29, 0.717) is 17.1 Å². The van der Waals surface area contributed by atoms with Gasteiger partial charge in [0.05, 0.1) is 18.5 Å². The summed E-state index contributed by atoms with van der Waals surface area (Å²) in [5, 5.41) is 10.6. The van der Waals surface area contributed by atoms with Crippen molar-refractivity contribution >= 4 is 17.6 Å². The van der Waals surface area contributed by atoms with Gasteiger partial charge in [-0.2, -0.15) is 0 Å². The van der Waals surface area contributed by atoms with Crippen LogP contribution in [-0.4, -0.2) is 41.1 Å². The second kappa shape index (κ2) is 9.13. The number of nitrogens with one attached hydrogen (secondary N) is 1. The molecule has 0 amide bonds. The Balaban J connectivity index is 1.98. The van der Waals surface area contributed by atoms with Crippen LogP contribution in [0.25, 0.3) is 5.69 Å². The highest BCUT2D eigenvalue weighted by atomic mass is 16.5. The first-order valence-electron chi connectivity index (χ1n) is 9.60. The summed E-state index contributed by atoms with van der Waals surface area (Å²) in [4.78, 5) is 33.3. The topological polar surface area (TPSA) is 99.9 Å². The summed E-state index contributed by atoms with van der Waals surface area (Å²) < 4.78 is 6.15. The predicted octanol–water partition coefficient (Wildman–Crippen LogP) is 2.84. The minimum atomic E-state index is -0.758. The van der Waals surface area contributed by atoms with Gasteiger partial charge < -0.3 is 14.7 Å². The largest absolute Gasteiger partial charge is 0.497 e. The van der Waals surface area contributed by atoms with E-state index in [1.807, 2.05) is 24.3 Å². The number of hydrogen-bond donors (Lipinski definition) is 2. The Morgan fingerprint density at radius 3 is 2.47 bits per heavy atom. The molecule has 0 saturated carbocycles. The first kappa shape index (κ1) is 20.9. The van der Waals surface area contributed by atoms with Gasteiger partial charge >= 0.3 is 5.69 Å². The number of hydrogen-bond acceptors (Lipinski definition) is 6. The molecular formula is C22H24N4O4. The Labute approximate surface area is 173 Å². The maximum absolute atomic E-state index is 12.3. The molecule has 1 aromatic heterocycles. The van der Waals surface area contributed by atoms with Gasteiger partial charge in [0.1, 0.15) is 11.3 Å². The van der Waals surface area contributed by atoms with Crippen molar-refractivity contribution in [1.29, 1.82) is 0 Å². The Morgan fingerprint density at radius 2 is 1.83 bits per heavy atom. The lowest BCUT2D eigenvalue weighted by Crippen LogP contribution is -2.31. The highest BCUT2D eigenvalue weighted by molar-refractivity contribution is 5.84. The number of H-pyrrole nitrogens is 1. The molecule has 8 nitrogen and oxygen atoms in total. The molecule has 3 rings (SSSR count). The van der Waals surface area contributed by atoms with Crippen molar-refractivity contribution in [1.82, 2.24) is 9.55 Å². The van der Waals surface area contributed by atoms with Gasteiger partial charge in [-0.1, -0.05) is 6.07 Å². The molecule has 0 fully saturated rings. The van der Waals surface area contributed by atoms with Gasteiger partial charge in [-0.05, 0) is 50.2 Å². The van der Waals surface area contributed by atoms with Gasteiger partial charge in [0.2, 0.25) is 5.88 Å². The molecule has 0 atom stereocenters. The minimum Gasteiger partial charge on any atom is -0.497 e. The minimum absolute atomic E-state index is 0.120. The fourth-order valence-electron chi connectivity index (χ4n) is 3.12. The Morgan fingerprint density at radius 1 is 1.13 bits per heavy atom. The molecule has 0 saturated heterocycles. The van der Waals surface area contributed by atoms with Gasteiger partial charge in [0.25, 0.3) is 5.56 Å². The van der Waals surface area contributed by atoms with Crippen LogP contribution in [-0.2, 0) is 0 Å². The molecule has 156 valence electrons. The van der Waals surface area contributed by atoms with Crippen LogP contribution >= 0.6 is 0 Å². The Kier molecular flexibility index (Phi) is 6.36. The van der Waals surface area contributed by atoms with Crippen LogP contribution in [0.4, 0.5) is 11.4 Å². The van der Waals surface area contributed by atoms with Crippen LogP contribution in [0.15, 0.2) is 63.1 Å². The van der Waals surface area contributed by atoms with Crippen molar-refractivity contribution < 1.29 is 9.84 Å². The smallest absolute Gasteiger partial charge is 0.335 e. The maximum atomic E-state index is 12.3. The average Bonchev–Trinajstić information content (AvgIpc) is 2.75. The summed E-state index contributed by atoms with van der Waals surface area (Å²) in [5.74, 6) is 0.00836. The number of anilines is 1. The van der Waals surface area contributed by atoms with E-state index in [-0.39, 0.29) is 5.56 Å². The number of benzene rings is 2. The van der Waals surface area contributed by atoms with E-state index in [2.05, 4.69) is 28.7 Å². The van der Waals surface area contributed by atoms with Gasteiger partial charge in [-0.25, -0.2) is 9.36 Å². The lowest BCUT2D eigenvalue weighted by atomic mass is 10.2. The second-order valence-electron chi connectivity index (χ2n) is 6.48. The quantitative estimate of drug-likeness (QED) is 0.586. The van der Waals surface area contributed by atoms with Crippen molar-refractivity contribution in [2.45, 2.75) is 13.8 Å². The number of aliphatic imine (C=N–C) groups is 1. The van der Waals surface area contributed by atoms with Gasteiger partial charge in [0.15, 0.2) is 0 Å². The molecule has 3 aromatic rings. The summed E-state index contributed by atoms with van der Waals surface area (Å²) in [7, 11) is 1.50. The third-order valence-corrected chi connectivity index (χ3v) is 4.75. The van der Waals surface area contributed by atoms with Crippen molar-refractivity contribution in [3.05, 3.63) is 74.9 Å². The first-order valence-corrected chi connectivity index (χ1v) is 9.60. The maximum Gasteiger partial charge on any atom is 0.335 e. The molecule has 0 aliphatic heterocycles. The van der Waals surface area contributed by atoms with Gasteiger partial charge in [-0.15, -0.1) is 0 Å². The molecule has 8 heteroatoms. The monoisotopic (exact) mass is 408 g/mol. The van der Waals surface area contributed by atoms with Crippen LogP contribution in [0.3, 0.4) is 0 Å². The number of aromatic nitrogens is 2. The number of methoxy groups -OCH3 is 1. The molecule has 1 heterocycles. The van der Waals surface area contributed by atoms with Crippen LogP contribution in [0.5, 0.6) is 11.6 Å². The second-order valence-corrected chi connectivity index (χ2v) is 6.48. The number of aromatic amines is 1.